The molecule has 0 spiro atoms. The average Bonchev–Trinajstić information content (AvgIpc) is 2.65. The molecule has 1 heterocycles. The van der Waals surface area contributed by atoms with E-state index < -0.39 is 0 Å². The number of nitrogen functional groups attached to an aromatic ring is 1. The second-order valence-electron chi connectivity index (χ2n) is 3.08. The summed E-state index contributed by atoms with van der Waals surface area (Å²) in [5.74, 6) is 0.857. The molecule has 0 radical (unpaired) electrons. The molecule has 0 amide bonds. The summed E-state index contributed by atoms with van der Waals surface area (Å²) in [5.41, 5.74) is 7.86. The fraction of sp³-hybridized carbons (Fsp3) is 0.0909. The number of methoxy groups -OCH3 is 1. The first-order chi connectivity index (χ1) is 7.20. The van der Waals surface area contributed by atoms with E-state index in [9.17, 15) is 0 Å². The second kappa shape index (κ2) is 4.24. The number of anilines is 1. The van der Waals surface area contributed by atoms with Crippen LogP contribution < -0.4 is 10.5 Å². The molecule has 2 nitrogen and oxygen atoms in total. The fourth-order valence-corrected chi connectivity index (χ4v) is 2.41. The van der Waals surface area contributed by atoms with Crippen molar-refractivity contribution in [1.82, 2.24) is 0 Å². The molecule has 0 atom stereocenters. The Morgan fingerprint density at radius 2 is 2.13 bits per heavy atom. The molecule has 0 aliphatic heterocycles. The van der Waals surface area contributed by atoms with Crippen LogP contribution in [0.4, 0.5) is 5.00 Å². The van der Waals surface area contributed by atoms with Crippen molar-refractivity contribution in [1.29, 1.82) is 0 Å². The van der Waals surface area contributed by atoms with Gasteiger partial charge in [-0.05, 0) is 29.8 Å². The summed E-state index contributed by atoms with van der Waals surface area (Å²) in [6, 6.07) is 7.88. The van der Waals surface area contributed by atoms with Gasteiger partial charge in [-0.2, -0.15) is 0 Å². The van der Waals surface area contributed by atoms with Crippen molar-refractivity contribution in [3.63, 3.8) is 0 Å². The molecule has 0 fully saturated rings. The maximum atomic E-state index is 5.71. The first-order valence-electron chi connectivity index (χ1n) is 4.38. The SMILES string of the molecule is COc1ccc(Br)cc1-c1csc(N)c1. The third kappa shape index (κ3) is 2.16. The highest BCUT2D eigenvalue weighted by Crippen LogP contribution is 2.35. The monoisotopic (exact) mass is 283 g/mol. The predicted octanol–water partition coefficient (Wildman–Crippen LogP) is 3.77. The summed E-state index contributed by atoms with van der Waals surface area (Å²) < 4.78 is 6.34. The minimum atomic E-state index is 0.812. The van der Waals surface area contributed by atoms with Crippen LogP contribution in [0.3, 0.4) is 0 Å². The molecule has 2 N–H and O–H groups in total. The Labute approximate surface area is 101 Å². The minimum absolute atomic E-state index is 0.812. The lowest BCUT2D eigenvalue weighted by molar-refractivity contribution is 0.416. The summed E-state index contributed by atoms with van der Waals surface area (Å²) in [6.45, 7) is 0. The van der Waals surface area contributed by atoms with Gasteiger partial charge in [-0.3, -0.25) is 0 Å². The number of thiophene rings is 1. The smallest absolute Gasteiger partial charge is 0.126 e. The van der Waals surface area contributed by atoms with E-state index in [2.05, 4.69) is 15.9 Å². The van der Waals surface area contributed by atoms with Gasteiger partial charge in [-0.15, -0.1) is 11.3 Å². The lowest BCUT2D eigenvalue weighted by Gasteiger charge is -2.07. The summed E-state index contributed by atoms with van der Waals surface area (Å²) in [6.07, 6.45) is 0. The van der Waals surface area contributed by atoms with Crippen molar-refractivity contribution < 1.29 is 4.74 Å². The molecule has 4 heteroatoms. The Hall–Kier alpha value is -1.00. The highest BCUT2D eigenvalue weighted by atomic mass is 79.9. The summed E-state index contributed by atoms with van der Waals surface area (Å²) in [5, 5.41) is 2.84. The second-order valence-corrected chi connectivity index (χ2v) is 4.94. The van der Waals surface area contributed by atoms with Gasteiger partial charge in [0.05, 0.1) is 12.1 Å². The van der Waals surface area contributed by atoms with Gasteiger partial charge in [0.2, 0.25) is 0 Å². The van der Waals surface area contributed by atoms with Gasteiger partial charge < -0.3 is 10.5 Å². The molecule has 0 aliphatic rings. The Morgan fingerprint density at radius 1 is 1.33 bits per heavy atom. The Morgan fingerprint density at radius 3 is 2.73 bits per heavy atom. The average molecular weight is 284 g/mol. The number of ether oxygens (including phenoxy) is 1. The Balaban J connectivity index is 2.55. The third-order valence-electron chi connectivity index (χ3n) is 2.09. The molecule has 0 bridgehead atoms. The standard InChI is InChI=1S/C11H10BrNOS/c1-14-10-3-2-8(12)5-9(10)7-4-11(13)15-6-7/h2-6H,13H2,1H3. The number of halogens is 1. The van der Waals surface area contributed by atoms with Gasteiger partial charge in [0.1, 0.15) is 5.75 Å². The number of nitrogens with two attached hydrogens (primary N) is 1. The van der Waals surface area contributed by atoms with Gasteiger partial charge in [-0.1, -0.05) is 15.9 Å². The highest BCUT2D eigenvalue weighted by molar-refractivity contribution is 9.10. The van der Waals surface area contributed by atoms with E-state index in [1.54, 1.807) is 7.11 Å². The highest BCUT2D eigenvalue weighted by Gasteiger charge is 2.07. The van der Waals surface area contributed by atoms with Crippen LogP contribution in [0.25, 0.3) is 11.1 Å². The molecule has 15 heavy (non-hydrogen) atoms. The van der Waals surface area contributed by atoms with E-state index in [0.29, 0.717) is 0 Å². The molecule has 1 aromatic heterocycles. The molecular formula is C11H10BrNOS. The first kappa shape index (κ1) is 10.5. The summed E-state index contributed by atoms with van der Waals surface area (Å²) >= 11 is 4.98. The number of benzene rings is 1. The molecular weight excluding hydrogens is 274 g/mol. The molecule has 2 rings (SSSR count). The van der Waals surface area contributed by atoms with Gasteiger partial charge in [0.25, 0.3) is 0 Å². The van der Waals surface area contributed by atoms with E-state index >= 15 is 0 Å². The van der Waals surface area contributed by atoms with Crippen LogP contribution in [-0.4, -0.2) is 7.11 Å². The van der Waals surface area contributed by atoms with Gasteiger partial charge in [-0.25, -0.2) is 0 Å². The quantitative estimate of drug-likeness (QED) is 0.911. The molecule has 78 valence electrons. The Kier molecular flexibility index (Phi) is 2.98. The van der Waals surface area contributed by atoms with Crippen LogP contribution in [-0.2, 0) is 0 Å². The molecule has 2 aromatic rings. The Bertz CT molecular complexity index is 481. The third-order valence-corrected chi connectivity index (χ3v) is 3.35. The fourth-order valence-electron chi connectivity index (χ4n) is 1.40. The van der Waals surface area contributed by atoms with Crippen LogP contribution in [0.2, 0.25) is 0 Å². The topological polar surface area (TPSA) is 35.2 Å². The summed E-state index contributed by atoms with van der Waals surface area (Å²) in [7, 11) is 1.67. The zero-order valence-corrected chi connectivity index (χ0v) is 10.6. The van der Waals surface area contributed by atoms with Crippen molar-refractivity contribution in [2.24, 2.45) is 0 Å². The number of rotatable bonds is 2. The van der Waals surface area contributed by atoms with E-state index in [1.165, 1.54) is 11.3 Å². The minimum Gasteiger partial charge on any atom is -0.496 e. The van der Waals surface area contributed by atoms with E-state index in [1.807, 2.05) is 29.6 Å². The predicted molar refractivity (Wildman–Crippen MR) is 68.4 cm³/mol. The van der Waals surface area contributed by atoms with Crippen molar-refractivity contribution in [2.75, 3.05) is 12.8 Å². The van der Waals surface area contributed by atoms with Gasteiger partial charge in [0.15, 0.2) is 0 Å². The molecule has 0 unspecified atom stereocenters. The normalized spacial score (nSPS) is 10.3. The largest absolute Gasteiger partial charge is 0.496 e. The van der Waals surface area contributed by atoms with Crippen LogP contribution in [0.15, 0.2) is 34.1 Å². The molecule has 0 saturated heterocycles. The van der Waals surface area contributed by atoms with Crippen molar-refractivity contribution in [2.45, 2.75) is 0 Å². The lowest BCUT2D eigenvalue weighted by Crippen LogP contribution is -1.86. The van der Waals surface area contributed by atoms with Crippen LogP contribution >= 0.6 is 27.3 Å². The number of hydrogen-bond acceptors (Lipinski definition) is 3. The molecule has 1 aromatic carbocycles. The number of hydrogen-bond donors (Lipinski definition) is 1. The maximum Gasteiger partial charge on any atom is 0.126 e. The van der Waals surface area contributed by atoms with Crippen molar-refractivity contribution in [3.8, 4) is 16.9 Å². The molecule has 0 aliphatic carbocycles. The van der Waals surface area contributed by atoms with E-state index in [-0.39, 0.29) is 0 Å². The van der Waals surface area contributed by atoms with Crippen LogP contribution in [0.1, 0.15) is 0 Å². The molecule has 0 saturated carbocycles. The first-order valence-corrected chi connectivity index (χ1v) is 6.06. The van der Waals surface area contributed by atoms with Gasteiger partial charge >= 0.3 is 0 Å². The van der Waals surface area contributed by atoms with Crippen molar-refractivity contribution >= 4 is 32.3 Å². The van der Waals surface area contributed by atoms with Crippen LogP contribution in [0, 0.1) is 0 Å². The zero-order chi connectivity index (χ0) is 10.8. The van der Waals surface area contributed by atoms with Crippen LogP contribution in [0.5, 0.6) is 5.75 Å². The van der Waals surface area contributed by atoms with Gasteiger partial charge in [0, 0.05) is 15.4 Å². The maximum absolute atomic E-state index is 5.71. The van der Waals surface area contributed by atoms with E-state index in [4.69, 9.17) is 10.5 Å². The lowest BCUT2D eigenvalue weighted by atomic mass is 10.1. The van der Waals surface area contributed by atoms with E-state index in [0.717, 1.165) is 26.4 Å². The zero-order valence-electron chi connectivity index (χ0n) is 8.16. The summed E-state index contributed by atoms with van der Waals surface area (Å²) in [4.78, 5) is 0. The van der Waals surface area contributed by atoms with Crippen molar-refractivity contribution in [3.05, 3.63) is 34.1 Å².